The van der Waals surface area contributed by atoms with E-state index in [4.69, 9.17) is 8.94 Å². The van der Waals surface area contributed by atoms with E-state index in [1.165, 1.54) is 12.1 Å². The maximum absolute atomic E-state index is 12.5. The Morgan fingerprint density at radius 2 is 2.18 bits per heavy atom. The summed E-state index contributed by atoms with van der Waals surface area (Å²) in [4.78, 5) is 18.3. The van der Waals surface area contributed by atoms with Crippen molar-refractivity contribution in [2.75, 3.05) is 12.8 Å². The molecule has 9 heteroatoms. The summed E-state index contributed by atoms with van der Waals surface area (Å²) in [5.41, 5.74) is 0. The highest BCUT2D eigenvalue weighted by atomic mass is 32.2. The SMILES string of the molecule is Cc1nc([C@@H]2CCCN2C(=O)c2ccc(S(C)(=O)=O)o2)no1. The number of carbonyl (C=O) groups is 1. The van der Waals surface area contributed by atoms with Crippen LogP contribution in [0, 0.1) is 6.92 Å². The minimum atomic E-state index is -3.48. The predicted octanol–water partition coefficient (Wildman–Crippen LogP) is 1.35. The Hall–Kier alpha value is -2.16. The molecule has 1 saturated heterocycles. The number of likely N-dealkylation sites (tertiary alicyclic amines) is 1. The first kappa shape index (κ1) is 14.8. The van der Waals surface area contributed by atoms with Gasteiger partial charge in [-0.05, 0) is 25.0 Å². The van der Waals surface area contributed by atoms with Gasteiger partial charge >= 0.3 is 0 Å². The van der Waals surface area contributed by atoms with E-state index in [1.807, 2.05) is 0 Å². The second-order valence-electron chi connectivity index (χ2n) is 5.22. The molecule has 0 N–H and O–H groups in total. The fourth-order valence-electron chi connectivity index (χ4n) is 2.50. The lowest BCUT2D eigenvalue weighted by atomic mass is 10.2. The molecule has 0 aromatic carbocycles. The summed E-state index contributed by atoms with van der Waals surface area (Å²) in [6, 6.07) is 2.37. The Morgan fingerprint density at radius 1 is 1.41 bits per heavy atom. The average molecular weight is 325 g/mol. The first-order chi connectivity index (χ1) is 10.4. The van der Waals surface area contributed by atoms with E-state index in [9.17, 15) is 13.2 Å². The molecule has 0 bridgehead atoms. The molecule has 0 aliphatic carbocycles. The van der Waals surface area contributed by atoms with Crippen LogP contribution in [0.3, 0.4) is 0 Å². The third-order valence-electron chi connectivity index (χ3n) is 3.51. The molecule has 2 aromatic heterocycles. The Labute approximate surface area is 127 Å². The van der Waals surface area contributed by atoms with Crippen LogP contribution in [0.5, 0.6) is 0 Å². The molecule has 1 amide bonds. The number of hydrogen-bond acceptors (Lipinski definition) is 7. The van der Waals surface area contributed by atoms with Gasteiger partial charge in [0.2, 0.25) is 20.8 Å². The van der Waals surface area contributed by atoms with Crippen LogP contribution in [0.4, 0.5) is 0 Å². The molecule has 0 saturated carbocycles. The van der Waals surface area contributed by atoms with Gasteiger partial charge in [-0.15, -0.1) is 0 Å². The summed E-state index contributed by atoms with van der Waals surface area (Å²) in [6.45, 7) is 2.22. The number of nitrogens with zero attached hydrogens (tertiary/aromatic N) is 3. The smallest absolute Gasteiger partial charge is 0.290 e. The minimum absolute atomic E-state index is 0.00691. The summed E-state index contributed by atoms with van der Waals surface area (Å²) in [6.07, 6.45) is 2.56. The highest BCUT2D eigenvalue weighted by Gasteiger charge is 2.35. The third-order valence-corrected chi connectivity index (χ3v) is 4.46. The van der Waals surface area contributed by atoms with Gasteiger partial charge in [0.05, 0.1) is 6.04 Å². The van der Waals surface area contributed by atoms with Gasteiger partial charge in [0.1, 0.15) is 0 Å². The summed E-state index contributed by atoms with van der Waals surface area (Å²) < 4.78 is 33.0. The summed E-state index contributed by atoms with van der Waals surface area (Å²) in [5.74, 6) is 0.511. The van der Waals surface area contributed by atoms with Gasteiger partial charge in [-0.25, -0.2) is 8.42 Å². The molecule has 118 valence electrons. The fraction of sp³-hybridized carbons (Fsp3) is 0.462. The van der Waals surface area contributed by atoms with Gasteiger partial charge in [0.15, 0.2) is 11.6 Å². The van der Waals surface area contributed by atoms with Crippen LogP contribution in [0.25, 0.3) is 0 Å². The Bertz CT molecular complexity index is 807. The van der Waals surface area contributed by atoms with Gasteiger partial charge in [-0.3, -0.25) is 4.79 Å². The van der Waals surface area contributed by atoms with E-state index in [-0.39, 0.29) is 22.8 Å². The van der Waals surface area contributed by atoms with Crippen LogP contribution < -0.4 is 0 Å². The zero-order valence-electron chi connectivity index (χ0n) is 12.1. The summed E-state index contributed by atoms with van der Waals surface area (Å²) in [7, 11) is -3.48. The Balaban J connectivity index is 1.86. The molecular weight excluding hydrogens is 310 g/mol. The number of rotatable bonds is 3. The van der Waals surface area contributed by atoms with Crippen molar-refractivity contribution in [2.45, 2.75) is 30.9 Å². The molecule has 1 fully saturated rings. The molecule has 1 aliphatic heterocycles. The second-order valence-corrected chi connectivity index (χ2v) is 7.17. The van der Waals surface area contributed by atoms with Crippen LogP contribution in [0.15, 0.2) is 26.2 Å². The lowest BCUT2D eigenvalue weighted by molar-refractivity contribution is 0.0690. The topological polar surface area (TPSA) is 107 Å². The van der Waals surface area contributed by atoms with Crippen molar-refractivity contribution >= 4 is 15.7 Å². The molecule has 0 radical (unpaired) electrons. The van der Waals surface area contributed by atoms with Gasteiger partial charge in [-0.1, -0.05) is 5.16 Å². The molecule has 22 heavy (non-hydrogen) atoms. The van der Waals surface area contributed by atoms with E-state index in [2.05, 4.69) is 10.1 Å². The van der Waals surface area contributed by atoms with Crippen LogP contribution in [0.2, 0.25) is 0 Å². The highest BCUT2D eigenvalue weighted by Crippen LogP contribution is 2.32. The van der Waals surface area contributed by atoms with E-state index < -0.39 is 9.84 Å². The summed E-state index contributed by atoms with van der Waals surface area (Å²) >= 11 is 0. The Kier molecular flexibility index (Phi) is 3.51. The molecule has 3 heterocycles. The van der Waals surface area contributed by atoms with Crippen molar-refractivity contribution in [2.24, 2.45) is 0 Å². The quantitative estimate of drug-likeness (QED) is 0.838. The van der Waals surface area contributed by atoms with E-state index in [1.54, 1.807) is 11.8 Å². The van der Waals surface area contributed by atoms with Crippen molar-refractivity contribution in [1.29, 1.82) is 0 Å². The highest BCUT2D eigenvalue weighted by molar-refractivity contribution is 7.90. The van der Waals surface area contributed by atoms with E-state index >= 15 is 0 Å². The lowest BCUT2D eigenvalue weighted by Crippen LogP contribution is -2.30. The van der Waals surface area contributed by atoms with Crippen LogP contribution in [0.1, 0.15) is 41.2 Å². The number of amides is 1. The monoisotopic (exact) mass is 325 g/mol. The zero-order valence-corrected chi connectivity index (χ0v) is 13.0. The van der Waals surface area contributed by atoms with E-state index in [0.29, 0.717) is 18.3 Å². The van der Waals surface area contributed by atoms with Crippen molar-refractivity contribution < 1.29 is 22.2 Å². The number of hydrogen-bond donors (Lipinski definition) is 0. The van der Waals surface area contributed by atoms with Crippen molar-refractivity contribution in [3.63, 3.8) is 0 Å². The zero-order chi connectivity index (χ0) is 15.9. The number of sulfone groups is 1. The number of furan rings is 1. The fourth-order valence-corrected chi connectivity index (χ4v) is 3.06. The maximum Gasteiger partial charge on any atom is 0.290 e. The lowest BCUT2D eigenvalue weighted by Gasteiger charge is -2.20. The normalized spacial score (nSPS) is 18.8. The number of carbonyl (C=O) groups excluding carboxylic acids is 1. The van der Waals surface area contributed by atoms with Gasteiger partial charge in [-0.2, -0.15) is 4.98 Å². The first-order valence-corrected chi connectivity index (χ1v) is 8.66. The molecule has 0 spiro atoms. The minimum Gasteiger partial charge on any atom is -0.440 e. The predicted molar refractivity (Wildman–Crippen MR) is 73.9 cm³/mol. The van der Waals surface area contributed by atoms with Gasteiger partial charge in [0.25, 0.3) is 5.91 Å². The molecule has 1 atom stereocenters. The Morgan fingerprint density at radius 3 is 2.77 bits per heavy atom. The van der Waals surface area contributed by atoms with Gasteiger partial charge < -0.3 is 13.8 Å². The number of aryl methyl sites for hydroxylation is 1. The molecule has 1 aliphatic rings. The largest absolute Gasteiger partial charge is 0.440 e. The standard InChI is InChI=1S/C13H15N3O5S/c1-8-14-12(15-21-8)9-4-3-7-16(9)13(17)10-5-6-11(20-10)22(2,18)19/h5-6,9H,3-4,7H2,1-2H3/t9-/m0/s1. The molecule has 3 rings (SSSR count). The third kappa shape index (κ3) is 2.63. The molecule has 0 unspecified atom stereocenters. The molecular formula is C13H15N3O5S. The number of aromatic nitrogens is 2. The van der Waals surface area contributed by atoms with Crippen LogP contribution in [-0.2, 0) is 9.84 Å². The molecule has 2 aromatic rings. The second kappa shape index (κ2) is 5.24. The molecule has 8 nitrogen and oxygen atoms in total. The first-order valence-electron chi connectivity index (χ1n) is 6.77. The summed E-state index contributed by atoms with van der Waals surface area (Å²) in [5, 5.41) is 3.64. The maximum atomic E-state index is 12.5. The van der Waals surface area contributed by atoms with Crippen LogP contribution >= 0.6 is 0 Å². The van der Waals surface area contributed by atoms with Crippen molar-refractivity contribution in [1.82, 2.24) is 15.0 Å². The van der Waals surface area contributed by atoms with Gasteiger partial charge in [0, 0.05) is 19.7 Å². The van der Waals surface area contributed by atoms with Crippen LogP contribution in [-0.4, -0.2) is 42.2 Å². The van der Waals surface area contributed by atoms with E-state index in [0.717, 1.165) is 19.1 Å². The average Bonchev–Trinajstić information content (AvgIpc) is 3.16. The van der Waals surface area contributed by atoms with Crippen molar-refractivity contribution in [3.8, 4) is 0 Å². The van der Waals surface area contributed by atoms with Crippen molar-refractivity contribution in [3.05, 3.63) is 29.6 Å².